The molecule has 1 aliphatic rings. The minimum absolute atomic E-state index is 0.611. The van der Waals surface area contributed by atoms with Crippen molar-refractivity contribution in [3.63, 3.8) is 0 Å². The molecule has 1 aromatic rings. The van der Waals surface area contributed by atoms with Gasteiger partial charge in [-0.15, -0.1) is 11.3 Å². The fraction of sp³-hybridized carbons (Fsp3) is 0.667. The van der Waals surface area contributed by atoms with Crippen molar-refractivity contribution in [2.75, 3.05) is 13.1 Å². The Kier molecular flexibility index (Phi) is 3.78. The number of piperidine rings is 1. The SMILES string of the molecule is Cc1ccsc1CN1CCCCC1CN. The lowest BCUT2D eigenvalue weighted by molar-refractivity contribution is 0.146. The molecule has 1 atom stereocenters. The minimum atomic E-state index is 0.611. The van der Waals surface area contributed by atoms with Crippen LogP contribution in [-0.2, 0) is 6.54 Å². The summed E-state index contributed by atoms with van der Waals surface area (Å²) in [7, 11) is 0. The van der Waals surface area contributed by atoms with Crippen molar-refractivity contribution in [2.24, 2.45) is 5.73 Å². The van der Waals surface area contributed by atoms with E-state index in [1.807, 2.05) is 11.3 Å². The van der Waals surface area contributed by atoms with Crippen LogP contribution in [0.15, 0.2) is 11.4 Å². The summed E-state index contributed by atoms with van der Waals surface area (Å²) in [6.07, 6.45) is 3.96. The van der Waals surface area contributed by atoms with Crippen LogP contribution >= 0.6 is 11.3 Å². The summed E-state index contributed by atoms with van der Waals surface area (Å²) in [5.41, 5.74) is 7.25. The van der Waals surface area contributed by atoms with Crippen LogP contribution < -0.4 is 5.73 Å². The molecule has 1 unspecified atom stereocenters. The van der Waals surface area contributed by atoms with Crippen molar-refractivity contribution in [3.8, 4) is 0 Å². The van der Waals surface area contributed by atoms with Crippen molar-refractivity contribution < 1.29 is 0 Å². The first-order valence-electron chi connectivity index (χ1n) is 5.78. The molecule has 0 aromatic carbocycles. The lowest BCUT2D eigenvalue weighted by atomic mass is 10.0. The van der Waals surface area contributed by atoms with E-state index in [9.17, 15) is 0 Å². The average molecular weight is 224 g/mol. The van der Waals surface area contributed by atoms with Gasteiger partial charge < -0.3 is 5.73 Å². The standard InChI is InChI=1S/C12H20N2S/c1-10-5-7-15-12(10)9-14-6-3-2-4-11(14)8-13/h5,7,11H,2-4,6,8-9,13H2,1H3. The second kappa shape index (κ2) is 5.10. The summed E-state index contributed by atoms with van der Waals surface area (Å²) >= 11 is 1.87. The molecule has 0 radical (unpaired) electrons. The monoisotopic (exact) mass is 224 g/mol. The zero-order valence-electron chi connectivity index (χ0n) is 9.41. The zero-order chi connectivity index (χ0) is 10.7. The van der Waals surface area contributed by atoms with Gasteiger partial charge in [0.15, 0.2) is 0 Å². The molecule has 0 spiro atoms. The van der Waals surface area contributed by atoms with Gasteiger partial charge in [-0.2, -0.15) is 0 Å². The molecular weight excluding hydrogens is 204 g/mol. The van der Waals surface area contributed by atoms with Crippen LogP contribution in [0.3, 0.4) is 0 Å². The highest BCUT2D eigenvalue weighted by Crippen LogP contribution is 2.23. The molecule has 1 fully saturated rings. The lowest BCUT2D eigenvalue weighted by Gasteiger charge is -2.34. The first-order chi connectivity index (χ1) is 7.31. The Labute approximate surface area is 96.1 Å². The van der Waals surface area contributed by atoms with Crippen molar-refractivity contribution in [1.29, 1.82) is 0 Å². The Hall–Kier alpha value is -0.380. The molecule has 15 heavy (non-hydrogen) atoms. The fourth-order valence-corrected chi connectivity index (χ4v) is 3.22. The maximum absolute atomic E-state index is 5.82. The van der Waals surface area contributed by atoms with Crippen LogP contribution in [0.2, 0.25) is 0 Å². The van der Waals surface area contributed by atoms with Crippen molar-refractivity contribution >= 4 is 11.3 Å². The van der Waals surface area contributed by atoms with E-state index in [1.54, 1.807) is 0 Å². The van der Waals surface area contributed by atoms with Gasteiger partial charge in [-0.3, -0.25) is 4.90 Å². The molecule has 1 saturated heterocycles. The zero-order valence-corrected chi connectivity index (χ0v) is 10.2. The summed E-state index contributed by atoms with van der Waals surface area (Å²) in [5.74, 6) is 0. The van der Waals surface area contributed by atoms with Gasteiger partial charge in [0.1, 0.15) is 0 Å². The van der Waals surface area contributed by atoms with E-state index in [0.29, 0.717) is 6.04 Å². The number of rotatable bonds is 3. The molecule has 3 heteroatoms. The molecule has 2 nitrogen and oxygen atoms in total. The molecule has 0 bridgehead atoms. The van der Waals surface area contributed by atoms with E-state index in [-0.39, 0.29) is 0 Å². The number of nitrogens with two attached hydrogens (primary N) is 1. The second-order valence-corrected chi connectivity index (χ2v) is 5.38. The molecule has 2 N–H and O–H groups in total. The van der Waals surface area contributed by atoms with Crippen LogP contribution in [0.4, 0.5) is 0 Å². The molecule has 0 aliphatic carbocycles. The fourth-order valence-electron chi connectivity index (χ4n) is 2.29. The Balaban J connectivity index is 2.00. The summed E-state index contributed by atoms with van der Waals surface area (Å²) in [4.78, 5) is 4.07. The van der Waals surface area contributed by atoms with Gasteiger partial charge in [-0.1, -0.05) is 6.42 Å². The van der Waals surface area contributed by atoms with Crippen LogP contribution in [0, 0.1) is 6.92 Å². The molecule has 84 valence electrons. The Morgan fingerprint density at radius 2 is 2.40 bits per heavy atom. The highest BCUT2D eigenvalue weighted by Gasteiger charge is 2.21. The van der Waals surface area contributed by atoms with Gasteiger partial charge in [-0.25, -0.2) is 0 Å². The van der Waals surface area contributed by atoms with Gasteiger partial charge in [0, 0.05) is 24.0 Å². The van der Waals surface area contributed by atoms with E-state index >= 15 is 0 Å². The van der Waals surface area contributed by atoms with Gasteiger partial charge in [-0.05, 0) is 43.3 Å². The van der Waals surface area contributed by atoms with Gasteiger partial charge in [0.05, 0.1) is 0 Å². The summed E-state index contributed by atoms with van der Waals surface area (Å²) < 4.78 is 0. The predicted octanol–water partition coefficient (Wildman–Crippen LogP) is 2.37. The van der Waals surface area contributed by atoms with Crippen molar-refractivity contribution in [3.05, 3.63) is 21.9 Å². The Morgan fingerprint density at radius 3 is 3.07 bits per heavy atom. The molecule has 0 saturated carbocycles. The molecule has 0 amide bonds. The van der Waals surface area contributed by atoms with E-state index < -0.39 is 0 Å². The third-order valence-corrected chi connectivity index (χ3v) is 4.34. The van der Waals surface area contributed by atoms with Crippen LogP contribution in [0.1, 0.15) is 29.7 Å². The van der Waals surface area contributed by atoms with Crippen LogP contribution in [0.5, 0.6) is 0 Å². The Bertz CT molecular complexity index is 308. The first-order valence-corrected chi connectivity index (χ1v) is 6.66. The summed E-state index contributed by atoms with van der Waals surface area (Å²) in [5, 5.41) is 2.19. The largest absolute Gasteiger partial charge is 0.329 e. The molecule has 2 heterocycles. The quantitative estimate of drug-likeness (QED) is 0.854. The van der Waals surface area contributed by atoms with Crippen molar-refractivity contribution in [1.82, 2.24) is 4.90 Å². The predicted molar refractivity (Wildman–Crippen MR) is 66.2 cm³/mol. The minimum Gasteiger partial charge on any atom is -0.329 e. The van der Waals surface area contributed by atoms with Crippen molar-refractivity contribution in [2.45, 2.75) is 38.8 Å². The molecule has 1 aromatic heterocycles. The van der Waals surface area contributed by atoms with E-state index in [2.05, 4.69) is 23.3 Å². The number of hydrogen-bond donors (Lipinski definition) is 1. The summed E-state index contributed by atoms with van der Waals surface area (Å²) in [6, 6.07) is 2.82. The van der Waals surface area contributed by atoms with E-state index in [1.165, 1.54) is 36.2 Å². The maximum atomic E-state index is 5.82. The Morgan fingerprint density at radius 1 is 1.53 bits per heavy atom. The maximum Gasteiger partial charge on any atom is 0.0334 e. The highest BCUT2D eigenvalue weighted by molar-refractivity contribution is 7.10. The molecular formula is C12H20N2S. The highest BCUT2D eigenvalue weighted by atomic mass is 32.1. The van der Waals surface area contributed by atoms with Crippen LogP contribution in [-0.4, -0.2) is 24.0 Å². The van der Waals surface area contributed by atoms with E-state index in [0.717, 1.165) is 13.1 Å². The topological polar surface area (TPSA) is 29.3 Å². The summed E-state index contributed by atoms with van der Waals surface area (Å²) in [6.45, 7) is 5.34. The normalized spacial score (nSPS) is 23.2. The number of likely N-dealkylation sites (tertiary alicyclic amines) is 1. The smallest absolute Gasteiger partial charge is 0.0334 e. The second-order valence-electron chi connectivity index (χ2n) is 4.38. The van der Waals surface area contributed by atoms with Gasteiger partial charge in [0.2, 0.25) is 0 Å². The molecule has 1 aliphatic heterocycles. The van der Waals surface area contributed by atoms with Gasteiger partial charge >= 0.3 is 0 Å². The third kappa shape index (κ3) is 2.60. The van der Waals surface area contributed by atoms with E-state index in [4.69, 9.17) is 5.73 Å². The lowest BCUT2D eigenvalue weighted by Crippen LogP contribution is -2.43. The third-order valence-electron chi connectivity index (χ3n) is 3.34. The first kappa shape index (κ1) is 11.1. The van der Waals surface area contributed by atoms with Gasteiger partial charge in [0.25, 0.3) is 0 Å². The number of hydrogen-bond acceptors (Lipinski definition) is 3. The molecule has 2 rings (SSSR count). The average Bonchev–Trinajstić information content (AvgIpc) is 2.65. The number of thiophene rings is 1. The number of nitrogens with zero attached hydrogens (tertiary/aromatic N) is 1. The van der Waals surface area contributed by atoms with Crippen LogP contribution in [0.25, 0.3) is 0 Å². The number of aryl methyl sites for hydroxylation is 1.